The van der Waals surface area contributed by atoms with E-state index in [4.69, 9.17) is 5.73 Å². The van der Waals surface area contributed by atoms with Gasteiger partial charge in [0.15, 0.2) is 0 Å². The maximum absolute atomic E-state index is 5.84. The van der Waals surface area contributed by atoms with Crippen LogP contribution < -0.4 is 16.0 Å². The Morgan fingerprint density at radius 2 is 2.17 bits per heavy atom. The van der Waals surface area contributed by atoms with E-state index in [1.54, 1.807) is 6.20 Å². The molecule has 2 unspecified atom stereocenters. The molecule has 0 saturated heterocycles. The zero-order chi connectivity index (χ0) is 13.0. The summed E-state index contributed by atoms with van der Waals surface area (Å²) >= 11 is 0. The third kappa shape index (κ3) is 3.10. The molecule has 5 heteroatoms. The fraction of sp³-hybridized carbons (Fsp3) is 0.692. The van der Waals surface area contributed by atoms with Crippen molar-refractivity contribution in [3.63, 3.8) is 0 Å². The molecular weight excluding hydrogens is 226 g/mol. The first kappa shape index (κ1) is 13.1. The molecule has 0 radical (unpaired) electrons. The van der Waals surface area contributed by atoms with Crippen LogP contribution in [0.1, 0.15) is 25.7 Å². The minimum absolute atomic E-state index is 0.452. The molecule has 3 N–H and O–H groups in total. The molecule has 18 heavy (non-hydrogen) atoms. The van der Waals surface area contributed by atoms with E-state index in [9.17, 15) is 0 Å². The van der Waals surface area contributed by atoms with Gasteiger partial charge in [0.2, 0.25) is 5.95 Å². The first-order valence-corrected chi connectivity index (χ1v) is 6.67. The van der Waals surface area contributed by atoms with E-state index in [2.05, 4.69) is 15.3 Å². The second kappa shape index (κ2) is 6.00. The maximum atomic E-state index is 5.84. The van der Waals surface area contributed by atoms with Crippen molar-refractivity contribution in [3.05, 3.63) is 12.3 Å². The molecule has 1 heterocycles. The molecule has 1 fully saturated rings. The lowest BCUT2D eigenvalue weighted by atomic mass is 9.84. The van der Waals surface area contributed by atoms with Crippen LogP contribution in [0.2, 0.25) is 0 Å². The van der Waals surface area contributed by atoms with E-state index in [0.29, 0.717) is 12.0 Å². The Labute approximate surface area is 109 Å². The van der Waals surface area contributed by atoms with Crippen LogP contribution in [0.15, 0.2) is 12.3 Å². The lowest BCUT2D eigenvalue weighted by Crippen LogP contribution is -2.37. The van der Waals surface area contributed by atoms with E-state index in [1.807, 2.05) is 25.1 Å². The minimum Gasteiger partial charge on any atom is -0.367 e. The van der Waals surface area contributed by atoms with Gasteiger partial charge < -0.3 is 16.0 Å². The lowest BCUT2D eigenvalue weighted by molar-refractivity contribution is 0.332. The van der Waals surface area contributed by atoms with Crippen LogP contribution in [0, 0.1) is 5.92 Å². The monoisotopic (exact) mass is 249 g/mol. The summed E-state index contributed by atoms with van der Waals surface area (Å²) in [6, 6.07) is 2.38. The fourth-order valence-corrected chi connectivity index (χ4v) is 2.51. The van der Waals surface area contributed by atoms with Crippen LogP contribution in [0.25, 0.3) is 0 Å². The minimum atomic E-state index is 0.452. The molecule has 100 valence electrons. The molecule has 2 rings (SSSR count). The summed E-state index contributed by atoms with van der Waals surface area (Å²) in [5.74, 6) is 2.20. The highest BCUT2D eigenvalue weighted by atomic mass is 15.2. The summed E-state index contributed by atoms with van der Waals surface area (Å²) in [5, 5.41) is 3.52. The molecule has 1 aromatic rings. The quantitative estimate of drug-likeness (QED) is 0.846. The topological polar surface area (TPSA) is 67.1 Å². The van der Waals surface area contributed by atoms with E-state index in [-0.39, 0.29) is 0 Å². The molecule has 1 aliphatic rings. The fourth-order valence-electron chi connectivity index (χ4n) is 2.51. The van der Waals surface area contributed by atoms with Gasteiger partial charge in [-0.15, -0.1) is 0 Å². The van der Waals surface area contributed by atoms with Crippen molar-refractivity contribution in [3.8, 4) is 0 Å². The Kier molecular flexibility index (Phi) is 4.36. The average Bonchev–Trinajstić information content (AvgIpc) is 2.39. The van der Waals surface area contributed by atoms with Gasteiger partial charge in [0.25, 0.3) is 0 Å². The highest BCUT2D eigenvalue weighted by Gasteiger charge is 2.24. The number of nitrogens with one attached hydrogen (secondary N) is 1. The Bertz CT molecular complexity index is 379. The van der Waals surface area contributed by atoms with Gasteiger partial charge in [-0.25, -0.2) is 4.98 Å². The van der Waals surface area contributed by atoms with Gasteiger partial charge in [-0.05, 0) is 31.4 Å². The molecule has 0 amide bonds. The Balaban J connectivity index is 2.05. The Morgan fingerprint density at radius 3 is 2.89 bits per heavy atom. The van der Waals surface area contributed by atoms with Crippen LogP contribution in [-0.4, -0.2) is 36.6 Å². The summed E-state index contributed by atoms with van der Waals surface area (Å²) in [6.45, 7) is 0.753. The number of hydrogen-bond acceptors (Lipinski definition) is 5. The molecule has 2 atom stereocenters. The van der Waals surface area contributed by atoms with E-state index in [0.717, 1.165) is 18.3 Å². The zero-order valence-corrected chi connectivity index (χ0v) is 11.3. The standard InChI is InChI=1S/C13H23N5/c1-18(2)13-15-8-7-12(17-13)16-11-6-4-3-5-10(11)9-14/h7-8,10-11H,3-6,9,14H2,1-2H3,(H,15,16,17). The summed E-state index contributed by atoms with van der Waals surface area (Å²) in [4.78, 5) is 10.6. The summed E-state index contributed by atoms with van der Waals surface area (Å²) in [6.07, 6.45) is 6.78. The predicted octanol–water partition coefficient (Wildman–Crippen LogP) is 1.47. The predicted molar refractivity (Wildman–Crippen MR) is 74.8 cm³/mol. The smallest absolute Gasteiger partial charge is 0.226 e. The van der Waals surface area contributed by atoms with Crippen LogP contribution in [0.4, 0.5) is 11.8 Å². The van der Waals surface area contributed by atoms with Gasteiger partial charge in [-0.3, -0.25) is 0 Å². The second-order valence-corrected chi connectivity index (χ2v) is 5.17. The van der Waals surface area contributed by atoms with Crippen molar-refractivity contribution in [1.29, 1.82) is 0 Å². The summed E-state index contributed by atoms with van der Waals surface area (Å²) in [5.41, 5.74) is 5.84. The zero-order valence-electron chi connectivity index (χ0n) is 11.3. The van der Waals surface area contributed by atoms with Gasteiger partial charge in [-0.2, -0.15) is 4.98 Å². The number of hydrogen-bond donors (Lipinski definition) is 2. The van der Waals surface area contributed by atoms with E-state index >= 15 is 0 Å². The molecule has 1 aliphatic carbocycles. The SMILES string of the molecule is CN(C)c1nccc(NC2CCCCC2CN)n1. The van der Waals surface area contributed by atoms with Gasteiger partial charge in [0.05, 0.1) is 0 Å². The molecule has 0 aromatic carbocycles. The van der Waals surface area contributed by atoms with Gasteiger partial charge in [-0.1, -0.05) is 12.8 Å². The molecule has 1 saturated carbocycles. The normalized spacial score (nSPS) is 23.7. The van der Waals surface area contributed by atoms with Gasteiger partial charge in [0, 0.05) is 26.3 Å². The van der Waals surface area contributed by atoms with Crippen molar-refractivity contribution in [2.75, 3.05) is 30.9 Å². The van der Waals surface area contributed by atoms with Crippen molar-refractivity contribution in [2.24, 2.45) is 11.7 Å². The molecule has 0 bridgehead atoms. The van der Waals surface area contributed by atoms with Gasteiger partial charge in [0.1, 0.15) is 5.82 Å². The largest absolute Gasteiger partial charge is 0.367 e. The van der Waals surface area contributed by atoms with Crippen LogP contribution in [-0.2, 0) is 0 Å². The molecule has 5 nitrogen and oxygen atoms in total. The molecular formula is C13H23N5. The van der Waals surface area contributed by atoms with Crippen LogP contribution in [0.3, 0.4) is 0 Å². The highest BCUT2D eigenvalue weighted by molar-refractivity contribution is 5.41. The Hall–Kier alpha value is -1.36. The number of nitrogens with zero attached hydrogens (tertiary/aromatic N) is 3. The van der Waals surface area contributed by atoms with Crippen molar-refractivity contribution in [1.82, 2.24) is 9.97 Å². The molecule has 0 spiro atoms. The maximum Gasteiger partial charge on any atom is 0.226 e. The summed E-state index contributed by atoms with van der Waals surface area (Å²) in [7, 11) is 3.89. The third-order valence-corrected chi connectivity index (χ3v) is 3.59. The number of nitrogens with two attached hydrogens (primary N) is 1. The third-order valence-electron chi connectivity index (χ3n) is 3.59. The first-order chi connectivity index (χ1) is 8.70. The van der Waals surface area contributed by atoms with Gasteiger partial charge >= 0.3 is 0 Å². The van der Waals surface area contributed by atoms with E-state index in [1.165, 1.54) is 25.7 Å². The molecule has 0 aliphatic heterocycles. The van der Waals surface area contributed by atoms with Crippen molar-refractivity contribution >= 4 is 11.8 Å². The van der Waals surface area contributed by atoms with Crippen molar-refractivity contribution < 1.29 is 0 Å². The summed E-state index contributed by atoms with van der Waals surface area (Å²) < 4.78 is 0. The molecule has 1 aromatic heterocycles. The lowest BCUT2D eigenvalue weighted by Gasteiger charge is -2.31. The Morgan fingerprint density at radius 1 is 1.39 bits per heavy atom. The second-order valence-electron chi connectivity index (χ2n) is 5.17. The average molecular weight is 249 g/mol. The number of anilines is 2. The van der Waals surface area contributed by atoms with Crippen LogP contribution in [0.5, 0.6) is 0 Å². The number of aromatic nitrogens is 2. The first-order valence-electron chi connectivity index (χ1n) is 6.67. The van der Waals surface area contributed by atoms with Crippen molar-refractivity contribution in [2.45, 2.75) is 31.7 Å². The highest BCUT2D eigenvalue weighted by Crippen LogP contribution is 2.26. The number of rotatable bonds is 4. The van der Waals surface area contributed by atoms with Crippen LogP contribution >= 0.6 is 0 Å². The van der Waals surface area contributed by atoms with E-state index < -0.39 is 0 Å².